The zero-order valence-electron chi connectivity index (χ0n) is 11.4. The first-order valence-corrected chi connectivity index (χ1v) is 6.55. The Morgan fingerprint density at radius 1 is 1.50 bits per heavy atom. The minimum Gasteiger partial charge on any atom is -0.343 e. The Labute approximate surface area is 109 Å². The summed E-state index contributed by atoms with van der Waals surface area (Å²) >= 11 is 0. The molecule has 0 aromatic rings. The van der Waals surface area contributed by atoms with Crippen LogP contribution in [0, 0.1) is 18.3 Å². The van der Waals surface area contributed by atoms with Crippen LogP contribution in [-0.2, 0) is 9.59 Å². The van der Waals surface area contributed by atoms with Gasteiger partial charge in [-0.15, -0.1) is 6.42 Å². The molecule has 2 unspecified atom stereocenters. The van der Waals surface area contributed by atoms with E-state index in [0.29, 0.717) is 12.3 Å². The third kappa shape index (κ3) is 3.49. The van der Waals surface area contributed by atoms with Gasteiger partial charge in [0.15, 0.2) is 0 Å². The number of carbonyl (C=O) groups is 2. The molecule has 0 aliphatic carbocycles. The lowest BCUT2D eigenvalue weighted by molar-refractivity contribution is -0.146. The van der Waals surface area contributed by atoms with E-state index in [2.05, 4.69) is 11.2 Å². The second kappa shape index (κ2) is 6.44. The van der Waals surface area contributed by atoms with E-state index in [9.17, 15) is 9.59 Å². The molecule has 18 heavy (non-hydrogen) atoms. The molecule has 1 fully saturated rings. The second-order valence-electron chi connectivity index (χ2n) is 5.19. The molecule has 1 aliphatic rings. The van der Waals surface area contributed by atoms with Crippen LogP contribution in [-0.4, -0.2) is 35.3 Å². The summed E-state index contributed by atoms with van der Waals surface area (Å²) in [7, 11) is 0. The summed E-state index contributed by atoms with van der Waals surface area (Å²) in [4.78, 5) is 25.5. The molecule has 1 rings (SSSR count). The molecule has 0 aromatic carbocycles. The molecule has 0 radical (unpaired) electrons. The van der Waals surface area contributed by atoms with Crippen LogP contribution in [0.3, 0.4) is 0 Å². The Morgan fingerprint density at radius 2 is 2.17 bits per heavy atom. The van der Waals surface area contributed by atoms with Crippen LogP contribution in [0.2, 0.25) is 0 Å². The number of piperazine rings is 1. The van der Waals surface area contributed by atoms with Gasteiger partial charge in [-0.05, 0) is 18.8 Å². The molecule has 1 aliphatic heterocycles. The molecule has 0 spiro atoms. The third-order valence-electron chi connectivity index (χ3n) is 3.07. The minimum absolute atomic E-state index is 0.0419. The zero-order chi connectivity index (χ0) is 13.7. The van der Waals surface area contributed by atoms with Crippen LogP contribution in [0.1, 0.15) is 40.0 Å². The van der Waals surface area contributed by atoms with Gasteiger partial charge >= 0.3 is 0 Å². The Kier molecular flexibility index (Phi) is 5.21. The number of hydrogen-bond donors (Lipinski definition) is 1. The van der Waals surface area contributed by atoms with Crippen molar-refractivity contribution in [2.75, 3.05) is 6.54 Å². The minimum atomic E-state index is -0.418. The summed E-state index contributed by atoms with van der Waals surface area (Å²) in [5.74, 6) is 2.82. The van der Waals surface area contributed by atoms with Crippen molar-refractivity contribution in [1.29, 1.82) is 0 Å². The van der Waals surface area contributed by atoms with Crippen molar-refractivity contribution in [1.82, 2.24) is 10.2 Å². The van der Waals surface area contributed by atoms with E-state index in [1.54, 1.807) is 4.90 Å². The van der Waals surface area contributed by atoms with Gasteiger partial charge in [-0.1, -0.05) is 33.1 Å². The smallest absolute Gasteiger partial charge is 0.246 e. The van der Waals surface area contributed by atoms with Crippen molar-refractivity contribution in [2.24, 2.45) is 5.92 Å². The van der Waals surface area contributed by atoms with Gasteiger partial charge in [0.1, 0.15) is 12.6 Å². The molecule has 4 nitrogen and oxygen atoms in total. The molecule has 1 N–H and O–H groups in total. The second-order valence-corrected chi connectivity index (χ2v) is 5.19. The highest BCUT2D eigenvalue weighted by Crippen LogP contribution is 2.16. The first kappa shape index (κ1) is 14.6. The third-order valence-corrected chi connectivity index (χ3v) is 3.07. The number of amides is 2. The van der Waals surface area contributed by atoms with E-state index in [0.717, 1.165) is 12.8 Å². The van der Waals surface area contributed by atoms with E-state index in [4.69, 9.17) is 6.42 Å². The average Bonchev–Trinajstić information content (AvgIpc) is 2.30. The zero-order valence-corrected chi connectivity index (χ0v) is 11.4. The van der Waals surface area contributed by atoms with Gasteiger partial charge in [-0.3, -0.25) is 9.59 Å². The maximum absolute atomic E-state index is 12.3. The number of carbonyl (C=O) groups excluding carboxylic acids is 2. The summed E-state index contributed by atoms with van der Waals surface area (Å²) in [6, 6.07) is -0.679. The fourth-order valence-corrected chi connectivity index (χ4v) is 2.23. The summed E-state index contributed by atoms with van der Waals surface area (Å²) in [5.41, 5.74) is 0. The molecule has 0 bridgehead atoms. The van der Waals surface area contributed by atoms with Crippen LogP contribution >= 0.6 is 0 Å². The number of nitrogens with one attached hydrogen (secondary N) is 1. The lowest BCUT2D eigenvalue weighted by Gasteiger charge is -2.36. The van der Waals surface area contributed by atoms with E-state index in [1.165, 1.54) is 0 Å². The van der Waals surface area contributed by atoms with Crippen molar-refractivity contribution in [3.63, 3.8) is 0 Å². The van der Waals surface area contributed by atoms with E-state index in [-0.39, 0.29) is 24.4 Å². The van der Waals surface area contributed by atoms with Crippen molar-refractivity contribution in [2.45, 2.75) is 52.1 Å². The summed E-state index contributed by atoms with van der Waals surface area (Å²) in [6.07, 6.45) is 7.76. The van der Waals surface area contributed by atoms with Crippen molar-refractivity contribution in [3.8, 4) is 12.3 Å². The van der Waals surface area contributed by atoms with E-state index in [1.807, 2.05) is 20.8 Å². The van der Waals surface area contributed by atoms with Crippen LogP contribution in [0.25, 0.3) is 0 Å². The number of nitrogens with zero attached hydrogens (tertiary/aromatic N) is 1. The molecular weight excluding hydrogens is 228 g/mol. The molecule has 1 saturated heterocycles. The summed E-state index contributed by atoms with van der Waals surface area (Å²) in [5, 5.41) is 2.75. The molecule has 2 atom stereocenters. The molecule has 100 valence electrons. The van der Waals surface area contributed by atoms with Gasteiger partial charge in [0.05, 0.1) is 6.04 Å². The Hall–Kier alpha value is -1.50. The summed E-state index contributed by atoms with van der Waals surface area (Å²) in [6.45, 7) is 6.17. The largest absolute Gasteiger partial charge is 0.343 e. The predicted molar refractivity (Wildman–Crippen MR) is 70.6 cm³/mol. The SMILES string of the molecule is C#CC(CCC)N1CC(=O)NC(CC(C)C)C1=O. The average molecular weight is 250 g/mol. The van der Waals surface area contributed by atoms with Gasteiger partial charge in [-0.25, -0.2) is 0 Å². The fourth-order valence-electron chi connectivity index (χ4n) is 2.23. The first-order valence-electron chi connectivity index (χ1n) is 6.55. The van der Waals surface area contributed by atoms with Crippen LogP contribution in [0.5, 0.6) is 0 Å². The van der Waals surface area contributed by atoms with Crippen molar-refractivity contribution < 1.29 is 9.59 Å². The highest BCUT2D eigenvalue weighted by molar-refractivity contribution is 5.95. The maximum Gasteiger partial charge on any atom is 0.246 e. The lowest BCUT2D eigenvalue weighted by Crippen LogP contribution is -2.60. The van der Waals surface area contributed by atoms with Gasteiger partial charge in [0.25, 0.3) is 0 Å². The number of rotatable bonds is 5. The Bertz CT molecular complexity index is 357. The fraction of sp³-hybridized carbons (Fsp3) is 0.714. The number of hydrogen-bond acceptors (Lipinski definition) is 2. The Morgan fingerprint density at radius 3 is 2.67 bits per heavy atom. The molecule has 1 heterocycles. The lowest BCUT2D eigenvalue weighted by atomic mass is 9.99. The quantitative estimate of drug-likeness (QED) is 0.744. The molecule has 0 aromatic heterocycles. The maximum atomic E-state index is 12.3. The van der Waals surface area contributed by atoms with E-state index < -0.39 is 6.04 Å². The standard InChI is InChI=1S/C14H22N2O2/c1-5-7-11(6-2)16-9-13(17)15-12(14(16)18)8-10(3)4/h2,10-12H,5,7-9H2,1,3-4H3,(H,15,17). The topological polar surface area (TPSA) is 49.4 Å². The van der Waals surface area contributed by atoms with Crippen LogP contribution in [0.15, 0.2) is 0 Å². The van der Waals surface area contributed by atoms with Crippen LogP contribution < -0.4 is 5.32 Å². The molecule has 0 saturated carbocycles. The summed E-state index contributed by atoms with van der Waals surface area (Å²) < 4.78 is 0. The normalized spacial score (nSPS) is 21.7. The molecule has 2 amide bonds. The van der Waals surface area contributed by atoms with Crippen molar-refractivity contribution >= 4 is 11.8 Å². The Balaban J connectivity index is 2.81. The van der Waals surface area contributed by atoms with Crippen molar-refractivity contribution in [3.05, 3.63) is 0 Å². The van der Waals surface area contributed by atoms with Crippen LogP contribution in [0.4, 0.5) is 0 Å². The monoisotopic (exact) mass is 250 g/mol. The highest BCUT2D eigenvalue weighted by atomic mass is 16.2. The molecule has 4 heteroatoms. The van der Waals surface area contributed by atoms with E-state index >= 15 is 0 Å². The van der Waals surface area contributed by atoms with Gasteiger partial charge in [0.2, 0.25) is 11.8 Å². The highest BCUT2D eigenvalue weighted by Gasteiger charge is 2.35. The van der Waals surface area contributed by atoms with Gasteiger partial charge in [-0.2, -0.15) is 0 Å². The first-order chi connectivity index (χ1) is 8.49. The van der Waals surface area contributed by atoms with Gasteiger partial charge in [0, 0.05) is 0 Å². The number of terminal acetylenes is 1. The predicted octanol–water partition coefficient (Wildman–Crippen LogP) is 1.16. The molecular formula is C14H22N2O2. The van der Waals surface area contributed by atoms with Gasteiger partial charge < -0.3 is 10.2 Å².